The van der Waals surface area contributed by atoms with E-state index in [2.05, 4.69) is 15.5 Å². The van der Waals surface area contributed by atoms with Gasteiger partial charge in [0.25, 0.3) is 11.5 Å². The molecule has 6 heteroatoms. The number of rotatable bonds is 3. The minimum Gasteiger partial charge on any atom is -0.344 e. The standard InChI is InChI=1S/C14H12N4O2/c1-9(11-4-2-10(8-15)3-5-11)16-14(20)12-6-7-13(19)18-17-12/h2-7,9H,1H3,(H,16,20)(H,18,19). The Bertz CT molecular complexity index is 693. The van der Waals surface area contributed by atoms with Crippen molar-refractivity contribution >= 4 is 5.91 Å². The Kier molecular flexibility index (Phi) is 3.91. The zero-order valence-electron chi connectivity index (χ0n) is 10.8. The van der Waals surface area contributed by atoms with E-state index in [1.165, 1.54) is 12.1 Å². The summed E-state index contributed by atoms with van der Waals surface area (Å²) in [4.78, 5) is 22.8. The minimum absolute atomic E-state index is 0.144. The molecule has 0 aliphatic rings. The van der Waals surface area contributed by atoms with E-state index in [9.17, 15) is 9.59 Å². The summed E-state index contributed by atoms with van der Waals surface area (Å²) in [5.74, 6) is -0.377. The second-order valence-corrected chi connectivity index (χ2v) is 4.24. The van der Waals surface area contributed by atoms with Crippen molar-refractivity contribution in [2.75, 3.05) is 0 Å². The summed E-state index contributed by atoms with van der Waals surface area (Å²) in [5.41, 5.74) is 1.23. The molecule has 1 unspecified atom stereocenters. The molecule has 0 saturated heterocycles. The first-order valence-corrected chi connectivity index (χ1v) is 5.97. The van der Waals surface area contributed by atoms with Crippen LogP contribution in [0.2, 0.25) is 0 Å². The molecule has 1 heterocycles. The van der Waals surface area contributed by atoms with Crippen LogP contribution < -0.4 is 10.9 Å². The lowest BCUT2D eigenvalue weighted by molar-refractivity contribution is 0.0933. The van der Waals surface area contributed by atoms with Gasteiger partial charge in [0.1, 0.15) is 5.69 Å². The number of hydrogen-bond donors (Lipinski definition) is 2. The van der Waals surface area contributed by atoms with Gasteiger partial charge in [-0.15, -0.1) is 0 Å². The van der Waals surface area contributed by atoms with Crippen LogP contribution in [0.5, 0.6) is 0 Å². The normalized spacial score (nSPS) is 11.4. The Morgan fingerprint density at radius 1 is 1.30 bits per heavy atom. The molecule has 20 heavy (non-hydrogen) atoms. The molecule has 0 aliphatic carbocycles. The van der Waals surface area contributed by atoms with E-state index >= 15 is 0 Å². The topological polar surface area (TPSA) is 98.6 Å². The molecule has 100 valence electrons. The molecule has 1 atom stereocenters. The highest BCUT2D eigenvalue weighted by atomic mass is 16.2. The van der Waals surface area contributed by atoms with E-state index in [4.69, 9.17) is 5.26 Å². The number of carbonyl (C=O) groups is 1. The van der Waals surface area contributed by atoms with Crippen LogP contribution in [0.15, 0.2) is 41.2 Å². The summed E-state index contributed by atoms with van der Waals surface area (Å²) < 4.78 is 0. The molecular weight excluding hydrogens is 256 g/mol. The summed E-state index contributed by atoms with van der Waals surface area (Å²) in [5, 5.41) is 17.4. The van der Waals surface area contributed by atoms with Gasteiger partial charge in [0, 0.05) is 6.07 Å². The maximum Gasteiger partial charge on any atom is 0.272 e. The van der Waals surface area contributed by atoms with Crippen molar-refractivity contribution in [2.45, 2.75) is 13.0 Å². The zero-order valence-corrected chi connectivity index (χ0v) is 10.8. The Balaban J connectivity index is 2.08. The molecule has 0 radical (unpaired) electrons. The average Bonchev–Trinajstić information content (AvgIpc) is 2.48. The van der Waals surface area contributed by atoms with Crippen LogP contribution in [0.1, 0.15) is 34.6 Å². The maximum absolute atomic E-state index is 11.9. The number of hydrogen-bond acceptors (Lipinski definition) is 4. The summed E-state index contributed by atoms with van der Waals surface area (Å²) in [6.45, 7) is 1.82. The highest BCUT2D eigenvalue weighted by molar-refractivity contribution is 5.92. The van der Waals surface area contributed by atoms with E-state index in [-0.39, 0.29) is 23.2 Å². The maximum atomic E-state index is 11.9. The summed E-state index contributed by atoms with van der Waals surface area (Å²) in [7, 11) is 0. The molecule has 2 aromatic rings. The number of amides is 1. The first kappa shape index (κ1) is 13.5. The fourth-order valence-corrected chi connectivity index (χ4v) is 1.67. The first-order valence-electron chi connectivity index (χ1n) is 5.97. The monoisotopic (exact) mass is 268 g/mol. The van der Waals surface area contributed by atoms with E-state index < -0.39 is 0 Å². The van der Waals surface area contributed by atoms with E-state index in [1.807, 2.05) is 13.0 Å². The van der Waals surface area contributed by atoms with Crippen LogP contribution in [-0.2, 0) is 0 Å². The first-order chi connectivity index (χ1) is 9.60. The van der Waals surface area contributed by atoms with E-state index in [0.717, 1.165) is 5.56 Å². The van der Waals surface area contributed by atoms with Crippen molar-refractivity contribution in [3.8, 4) is 6.07 Å². The third-order valence-electron chi connectivity index (χ3n) is 2.80. The number of nitrogens with zero attached hydrogens (tertiary/aromatic N) is 2. The Morgan fingerprint density at radius 2 is 2.00 bits per heavy atom. The molecular formula is C14H12N4O2. The van der Waals surface area contributed by atoms with Crippen molar-refractivity contribution in [3.05, 3.63) is 63.6 Å². The van der Waals surface area contributed by atoms with Crippen molar-refractivity contribution in [1.82, 2.24) is 15.5 Å². The molecule has 0 bridgehead atoms. The SMILES string of the molecule is CC(NC(=O)c1ccc(=O)[nH]n1)c1ccc(C#N)cc1. The van der Waals surface area contributed by atoms with Gasteiger partial charge in [-0.25, -0.2) is 5.10 Å². The molecule has 2 N–H and O–H groups in total. The number of nitriles is 1. The fraction of sp³-hybridized carbons (Fsp3) is 0.143. The number of nitrogens with one attached hydrogen (secondary N) is 2. The van der Waals surface area contributed by atoms with Gasteiger partial charge in [0.15, 0.2) is 0 Å². The number of aromatic nitrogens is 2. The number of carbonyl (C=O) groups excluding carboxylic acids is 1. The van der Waals surface area contributed by atoms with Gasteiger partial charge in [-0.1, -0.05) is 12.1 Å². The Labute approximate surface area is 115 Å². The molecule has 0 saturated carbocycles. The smallest absolute Gasteiger partial charge is 0.272 e. The van der Waals surface area contributed by atoms with Gasteiger partial charge >= 0.3 is 0 Å². The second-order valence-electron chi connectivity index (χ2n) is 4.24. The molecule has 6 nitrogen and oxygen atoms in total. The third kappa shape index (κ3) is 3.09. The van der Waals surface area contributed by atoms with Crippen molar-refractivity contribution in [3.63, 3.8) is 0 Å². The molecule has 1 aromatic carbocycles. The molecule has 1 amide bonds. The summed E-state index contributed by atoms with van der Waals surface area (Å²) in [6, 6.07) is 11.4. The van der Waals surface area contributed by atoms with Gasteiger partial charge in [0.05, 0.1) is 17.7 Å². The van der Waals surface area contributed by atoms with Crippen LogP contribution in [-0.4, -0.2) is 16.1 Å². The largest absolute Gasteiger partial charge is 0.344 e. The van der Waals surface area contributed by atoms with Crippen molar-refractivity contribution < 1.29 is 4.79 Å². The molecule has 1 aromatic heterocycles. The minimum atomic E-state index is -0.377. The van der Waals surface area contributed by atoms with Crippen LogP contribution >= 0.6 is 0 Å². The number of benzene rings is 1. The van der Waals surface area contributed by atoms with Crippen LogP contribution in [0.3, 0.4) is 0 Å². The lowest BCUT2D eigenvalue weighted by Gasteiger charge is -2.13. The summed E-state index contributed by atoms with van der Waals surface area (Å²) in [6.07, 6.45) is 0. The van der Waals surface area contributed by atoms with E-state index in [1.54, 1.807) is 24.3 Å². The van der Waals surface area contributed by atoms with E-state index in [0.29, 0.717) is 5.56 Å². The molecule has 2 rings (SSSR count). The Hall–Kier alpha value is -2.94. The van der Waals surface area contributed by atoms with Crippen LogP contribution in [0.4, 0.5) is 0 Å². The highest BCUT2D eigenvalue weighted by Crippen LogP contribution is 2.13. The second kappa shape index (κ2) is 5.80. The summed E-state index contributed by atoms with van der Waals surface area (Å²) >= 11 is 0. The van der Waals surface area contributed by atoms with Gasteiger partial charge in [-0.2, -0.15) is 10.4 Å². The van der Waals surface area contributed by atoms with Gasteiger partial charge in [0.2, 0.25) is 0 Å². The van der Waals surface area contributed by atoms with Crippen LogP contribution in [0, 0.1) is 11.3 Å². The lowest BCUT2D eigenvalue weighted by Crippen LogP contribution is -2.28. The molecule has 0 aliphatic heterocycles. The number of aromatic amines is 1. The fourth-order valence-electron chi connectivity index (χ4n) is 1.67. The van der Waals surface area contributed by atoms with Crippen molar-refractivity contribution in [2.24, 2.45) is 0 Å². The zero-order chi connectivity index (χ0) is 14.5. The van der Waals surface area contributed by atoms with Gasteiger partial charge in [-0.05, 0) is 30.7 Å². The third-order valence-corrected chi connectivity index (χ3v) is 2.80. The predicted molar refractivity (Wildman–Crippen MR) is 71.9 cm³/mol. The van der Waals surface area contributed by atoms with Crippen molar-refractivity contribution in [1.29, 1.82) is 5.26 Å². The van der Waals surface area contributed by atoms with Crippen LogP contribution in [0.25, 0.3) is 0 Å². The molecule has 0 spiro atoms. The van der Waals surface area contributed by atoms with Gasteiger partial charge in [-0.3, -0.25) is 9.59 Å². The number of H-pyrrole nitrogens is 1. The Morgan fingerprint density at radius 3 is 2.55 bits per heavy atom. The average molecular weight is 268 g/mol. The predicted octanol–water partition coefficient (Wildman–Crippen LogP) is 1.13. The highest BCUT2D eigenvalue weighted by Gasteiger charge is 2.12. The quantitative estimate of drug-likeness (QED) is 0.871. The lowest BCUT2D eigenvalue weighted by atomic mass is 10.1. The van der Waals surface area contributed by atoms with Gasteiger partial charge < -0.3 is 5.32 Å². The molecule has 0 fully saturated rings.